The Bertz CT molecular complexity index is 972. The van der Waals surface area contributed by atoms with E-state index in [0.717, 1.165) is 18.4 Å². The third kappa shape index (κ3) is 3.90. The van der Waals surface area contributed by atoms with Crippen molar-refractivity contribution in [3.05, 3.63) is 93.6 Å². The maximum Gasteiger partial charge on any atom is -1.00 e. The molecule has 0 spiro atoms. The molecule has 0 radical (unpaired) electrons. The molecule has 4 heteroatoms. The smallest absolute Gasteiger partial charge is 1.00 e. The van der Waals surface area contributed by atoms with E-state index in [1.807, 2.05) is 12.3 Å². The summed E-state index contributed by atoms with van der Waals surface area (Å²) in [5, 5.41) is 1.20. The Morgan fingerprint density at radius 1 is 0.923 bits per heavy atom. The molecule has 0 atom stereocenters. The number of halogens is 2. The van der Waals surface area contributed by atoms with E-state index in [2.05, 4.69) is 82.8 Å². The Balaban J connectivity index is 0.00000121. The summed E-state index contributed by atoms with van der Waals surface area (Å²) >= 11 is 3.31. The molecule has 1 aliphatic rings. The first-order chi connectivity index (χ1) is 11.7. The van der Waals surface area contributed by atoms with Gasteiger partial charge in [0.1, 0.15) is 0 Å². The predicted octanol–water partition coefficient (Wildman–Crippen LogP) is -0.536. The number of aromatic nitrogens is 1. The Labute approximate surface area is 175 Å². The van der Waals surface area contributed by atoms with Gasteiger partial charge < -0.3 is 24.8 Å². The summed E-state index contributed by atoms with van der Waals surface area (Å²) < 4.78 is 1.36. The van der Waals surface area contributed by atoms with Gasteiger partial charge in [-0.3, -0.25) is 0 Å². The molecule has 1 aromatic heterocycles. The van der Waals surface area contributed by atoms with Crippen molar-refractivity contribution in [2.75, 3.05) is 0 Å². The number of benzene rings is 2. The summed E-state index contributed by atoms with van der Waals surface area (Å²) in [7, 11) is 0. The van der Waals surface area contributed by atoms with Crippen LogP contribution in [0.1, 0.15) is 24.5 Å². The van der Waals surface area contributed by atoms with Crippen LogP contribution in [0.3, 0.4) is 0 Å². The average molecular weight is 419 g/mol. The van der Waals surface area contributed by atoms with E-state index in [4.69, 9.17) is 0 Å². The van der Waals surface area contributed by atoms with Crippen molar-refractivity contribution in [3.63, 3.8) is 0 Å². The molecule has 1 aliphatic carbocycles. The minimum Gasteiger partial charge on any atom is -1.00 e. The fraction of sp³-hybridized carbons (Fsp3) is 0.136. The first-order valence-corrected chi connectivity index (χ1v) is 8.85. The van der Waals surface area contributed by atoms with Crippen LogP contribution in [0.15, 0.2) is 82.4 Å². The molecule has 1 heterocycles. The number of nitrogens with zero attached hydrogens (tertiary/aromatic N) is 1. The van der Waals surface area contributed by atoms with E-state index in [9.17, 15) is 0 Å². The summed E-state index contributed by atoms with van der Waals surface area (Å²) in [5.74, 6) is 0. The number of hydrogen-bond donors (Lipinski definition) is 0. The second kappa shape index (κ2) is 8.89. The van der Waals surface area contributed by atoms with Gasteiger partial charge in [-0.15, -0.1) is 0 Å². The van der Waals surface area contributed by atoms with E-state index in [-0.39, 0.29) is 24.8 Å². The molecule has 0 saturated heterocycles. The Kier molecular flexibility index (Phi) is 7.10. The minimum atomic E-state index is 0. The number of pyridine rings is 1. The van der Waals surface area contributed by atoms with E-state index in [1.165, 1.54) is 37.7 Å². The second-order valence-electron chi connectivity index (χ2n) is 6.23. The van der Waals surface area contributed by atoms with Gasteiger partial charge in [0.25, 0.3) is 0 Å². The normalized spacial score (nSPS) is 13.5. The van der Waals surface area contributed by atoms with Gasteiger partial charge in [-0.2, -0.15) is 0 Å². The van der Waals surface area contributed by atoms with Crippen LogP contribution in [0.2, 0.25) is 0 Å². The van der Waals surface area contributed by atoms with Gasteiger partial charge in [-0.1, -0.05) is 0 Å². The Hall–Kier alpha value is -1.56. The zero-order chi connectivity index (χ0) is 16.5. The van der Waals surface area contributed by atoms with Crippen LogP contribution in [0.5, 0.6) is 0 Å². The summed E-state index contributed by atoms with van der Waals surface area (Å²) in [6, 6.07) is 21.3. The van der Waals surface area contributed by atoms with Crippen molar-refractivity contribution in [2.45, 2.75) is 19.8 Å². The first-order valence-electron chi connectivity index (χ1n) is 8.21. The molecular weight excluding hydrogens is 401 g/mol. The number of para-hydroxylation sites is 1. The number of fused-ring (bicyclic) bond motifs is 1. The molecule has 2 aromatic carbocycles. The number of rotatable bonds is 3. The molecule has 3 aromatic rings. The van der Waals surface area contributed by atoms with Crippen molar-refractivity contribution < 1.29 is 41.1 Å². The monoisotopic (exact) mass is 418 g/mol. The third-order valence-electron chi connectivity index (χ3n) is 4.76. The van der Waals surface area contributed by atoms with E-state index >= 15 is 0 Å². The van der Waals surface area contributed by atoms with Crippen molar-refractivity contribution in [1.29, 1.82) is 0 Å². The molecule has 0 N–H and O–H groups in total. The fourth-order valence-electron chi connectivity index (χ4n) is 3.47. The quantitative estimate of drug-likeness (QED) is 0.556. The van der Waals surface area contributed by atoms with E-state index in [0.29, 0.717) is 0 Å². The molecule has 0 bridgehead atoms. The van der Waals surface area contributed by atoms with E-state index in [1.54, 1.807) is 0 Å². The standard InChI is InChI=1S/C22H18N.2ClH.Cr/c1-16-19(15-17-7-3-2-4-8-17)12-13-20(16)21-11-5-9-18-10-6-14-23-22(18)21;;;/h2-11,14H,13,15H2,1H3;2*1H;/q;;;+2/p-2. The van der Waals surface area contributed by atoms with Crippen LogP contribution in [0.4, 0.5) is 0 Å². The first kappa shape index (κ1) is 20.8. The molecule has 0 amide bonds. The van der Waals surface area contributed by atoms with Crippen LogP contribution >= 0.6 is 0 Å². The summed E-state index contributed by atoms with van der Waals surface area (Å²) in [6.07, 6.45) is 3.84. The van der Waals surface area contributed by atoms with Gasteiger partial charge >= 0.3 is 151 Å². The van der Waals surface area contributed by atoms with Crippen LogP contribution in [0.25, 0.3) is 16.5 Å². The molecule has 131 valence electrons. The van der Waals surface area contributed by atoms with Crippen LogP contribution in [-0.4, -0.2) is 4.98 Å². The van der Waals surface area contributed by atoms with Gasteiger partial charge in [-0.25, -0.2) is 0 Å². The van der Waals surface area contributed by atoms with Crippen LogP contribution in [-0.2, 0) is 22.7 Å². The molecule has 1 nitrogen and oxygen atoms in total. The zero-order valence-corrected chi connectivity index (χ0v) is 17.2. The topological polar surface area (TPSA) is 12.9 Å². The van der Waals surface area contributed by atoms with Crippen LogP contribution in [0, 0.1) is 0 Å². The Morgan fingerprint density at radius 3 is 2.42 bits per heavy atom. The maximum absolute atomic E-state index is 4.63. The average Bonchev–Trinajstić information content (AvgIpc) is 2.90. The fourth-order valence-corrected chi connectivity index (χ4v) is 4.04. The van der Waals surface area contributed by atoms with Crippen molar-refractivity contribution in [1.82, 2.24) is 4.98 Å². The zero-order valence-electron chi connectivity index (χ0n) is 14.4. The second-order valence-corrected chi connectivity index (χ2v) is 6.99. The Morgan fingerprint density at radius 2 is 1.65 bits per heavy atom. The predicted molar refractivity (Wildman–Crippen MR) is 96.1 cm³/mol. The molecule has 26 heavy (non-hydrogen) atoms. The van der Waals surface area contributed by atoms with Gasteiger partial charge in [0.2, 0.25) is 0 Å². The van der Waals surface area contributed by atoms with Gasteiger partial charge in [0, 0.05) is 0 Å². The van der Waals surface area contributed by atoms with Gasteiger partial charge in [0.05, 0.1) is 0 Å². The summed E-state index contributed by atoms with van der Waals surface area (Å²) in [5.41, 5.74) is 7.95. The van der Waals surface area contributed by atoms with Gasteiger partial charge in [0.15, 0.2) is 0 Å². The largest absolute Gasteiger partial charge is 1.00 e. The minimum absolute atomic E-state index is 0. The molecule has 0 aliphatic heterocycles. The van der Waals surface area contributed by atoms with Crippen LogP contribution < -0.4 is 24.8 Å². The molecule has 0 unspecified atom stereocenters. The van der Waals surface area contributed by atoms with Crippen molar-refractivity contribution in [3.8, 4) is 0 Å². The number of allylic oxidation sites excluding steroid dienone is 4. The number of hydrogen-bond acceptors (Lipinski definition) is 1. The SMILES string of the molecule is CC1=C(c2cccc3cccnc23)C[C]([Cr+2])=C1Cc1ccccc1.[Cl-].[Cl-]. The molecular formula is C22H18Cl2CrN. The molecule has 4 rings (SSSR count). The molecule has 0 fully saturated rings. The molecule has 0 saturated carbocycles. The third-order valence-corrected chi connectivity index (χ3v) is 5.37. The van der Waals surface area contributed by atoms with Gasteiger partial charge in [-0.05, 0) is 0 Å². The maximum atomic E-state index is 4.63. The van der Waals surface area contributed by atoms with Crippen molar-refractivity contribution >= 4 is 16.5 Å². The van der Waals surface area contributed by atoms with Crippen molar-refractivity contribution in [2.24, 2.45) is 0 Å². The van der Waals surface area contributed by atoms with E-state index < -0.39 is 0 Å². The summed E-state index contributed by atoms with van der Waals surface area (Å²) in [4.78, 5) is 4.63. The summed E-state index contributed by atoms with van der Waals surface area (Å²) in [6.45, 7) is 2.25.